The summed E-state index contributed by atoms with van der Waals surface area (Å²) in [6.07, 6.45) is 4.46. The van der Waals surface area contributed by atoms with Crippen LogP contribution in [0.5, 0.6) is 0 Å². The molecule has 1 aromatic heterocycles. The van der Waals surface area contributed by atoms with Gasteiger partial charge in [-0.15, -0.1) is 0 Å². The summed E-state index contributed by atoms with van der Waals surface area (Å²) in [6, 6.07) is 4.18. The highest BCUT2D eigenvalue weighted by molar-refractivity contribution is 6.02. The van der Waals surface area contributed by atoms with Crippen LogP contribution in [0.25, 0.3) is 0 Å². The highest BCUT2D eigenvalue weighted by atomic mass is 19.1. The number of hydrogen-bond donors (Lipinski definition) is 2. The molecule has 106 valence electrons. The second kappa shape index (κ2) is 7.12. The van der Waals surface area contributed by atoms with E-state index in [-0.39, 0.29) is 24.3 Å². The zero-order valence-electron chi connectivity index (χ0n) is 11.0. The van der Waals surface area contributed by atoms with E-state index in [9.17, 15) is 9.18 Å². The van der Waals surface area contributed by atoms with Crippen molar-refractivity contribution in [2.75, 3.05) is 11.9 Å². The highest BCUT2D eigenvalue weighted by Gasteiger charge is 2.08. The van der Waals surface area contributed by atoms with Gasteiger partial charge in [0, 0.05) is 24.5 Å². The summed E-state index contributed by atoms with van der Waals surface area (Å²) in [7, 11) is 0. The van der Waals surface area contributed by atoms with Gasteiger partial charge in [0.15, 0.2) is 0 Å². The van der Waals surface area contributed by atoms with Gasteiger partial charge >= 0.3 is 0 Å². The molecular weight excluding hydrogens is 273 g/mol. The molecule has 0 saturated heterocycles. The number of carbonyl (C=O) groups excluding carboxylic acids is 1. The molecule has 6 heteroatoms. The zero-order chi connectivity index (χ0) is 15.1. The first-order valence-electron chi connectivity index (χ1n) is 6.17. The molecule has 0 spiro atoms. The zero-order valence-corrected chi connectivity index (χ0v) is 11.0. The maximum Gasteiger partial charge on any atom is 0.275 e. The average Bonchev–Trinajstić information content (AvgIpc) is 2.50. The summed E-state index contributed by atoms with van der Waals surface area (Å²) < 4.78 is 13.8. The Kier molecular flexibility index (Phi) is 4.96. The molecule has 0 aliphatic heterocycles. The first-order valence-corrected chi connectivity index (χ1v) is 6.17. The van der Waals surface area contributed by atoms with Gasteiger partial charge in [0.05, 0.1) is 18.4 Å². The van der Waals surface area contributed by atoms with Gasteiger partial charge in [-0.25, -0.2) is 9.37 Å². The third kappa shape index (κ3) is 4.09. The van der Waals surface area contributed by atoms with Crippen LogP contribution in [0.1, 0.15) is 22.5 Å². The number of benzene rings is 1. The van der Waals surface area contributed by atoms with Crippen LogP contribution in [0.4, 0.5) is 10.1 Å². The van der Waals surface area contributed by atoms with Gasteiger partial charge in [-0.2, -0.15) is 0 Å². The third-order valence-corrected chi connectivity index (χ3v) is 2.48. The van der Waals surface area contributed by atoms with Crippen molar-refractivity contribution in [3.8, 4) is 11.8 Å². The minimum absolute atomic E-state index is 0.0686. The molecule has 0 aliphatic rings. The lowest BCUT2D eigenvalue weighted by molar-refractivity contribution is 0.102. The second-order valence-corrected chi connectivity index (χ2v) is 4.01. The summed E-state index contributed by atoms with van der Waals surface area (Å²) >= 11 is 0. The van der Waals surface area contributed by atoms with E-state index in [1.54, 1.807) is 6.07 Å². The van der Waals surface area contributed by atoms with Crippen molar-refractivity contribution in [1.82, 2.24) is 9.97 Å². The molecule has 1 amide bonds. The number of carbonyl (C=O) groups is 1. The van der Waals surface area contributed by atoms with Crippen molar-refractivity contribution in [3.63, 3.8) is 0 Å². The Bertz CT molecular complexity index is 693. The van der Waals surface area contributed by atoms with E-state index < -0.39 is 11.7 Å². The normalized spacial score (nSPS) is 9.62. The summed E-state index contributed by atoms with van der Waals surface area (Å²) in [5, 5.41) is 11.1. The molecule has 2 rings (SSSR count). The Morgan fingerprint density at radius 3 is 2.90 bits per heavy atom. The van der Waals surface area contributed by atoms with E-state index in [0.717, 1.165) is 0 Å². The Hall–Kier alpha value is -2.78. The number of aliphatic hydroxyl groups is 1. The molecule has 1 heterocycles. The number of anilines is 1. The fourth-order valence-corrected chi connectivity index (χ4v) is 1.52. The van der Waals surface area contributed by atoms with Crippen molar-refractivity contribution in [3.05, 3.63) is 53.9 Å². The van der Waals surface area contributed by atoms with Crippen LogP contribution in [-0.4, -0.2) is 27.6 Å². The number of aliphatic hydroxyl groups excluding tert-OH is 1. The minimum Gasteiger partial charge on any atom is -0.395 e. The molecule has 0 bridgehead atoms. The molecule has 5 nitrogen and oxygen atoms in total. The Balaban J connectivity index is 2.11. The van der Waals surface area contributed by atoms with Crippen LogP contribution in [-0.2, 0) is 0 Å². The second-order valence-electron chi connectivity index (χ2n) is 4.01. The van der Waals surface area contributed by atoms with E-state index in [2.05, 4.69) is 27.1 Å². The van der Waals surface area contributed by atoms with Gasteiger partial charge in [-0.3, -0.25) is 9.78 Å². The predicted molar refractivity (Wildman–Crippen MR) is 75.0 cm³/mol. The highest BCUT2D eigenvalue weighted by Crippen LogP contribution is 2.14. The quantitative estimate of drug-likeness (QED) is 0.840. The fourth-order valence-electron chi connectivity index (χ4n) is 1.52. The van der Waals surface area contributed by atoms with E-state index in [0.29, 0.717) is 5.69 Å². The summed E-state index contributed by atoms with van der Waals surface area (Å²) in [6.45, 7) is -0.0686. The first-order chi connectivity index (χ1) is 10.2. The maximum absolute atomic E-state index is 13.8. The molecule has 21 heavy (non-hydrogen) atoms. The fraction of sp³-hybridized carbons (Fsp3) is 0.133. The van der Waals surface area contributed by atoms with Crippen molar-refractivity contribution in [2.45, 2.75) is 6.42 Å². The summed E-state index contributed by atoms with van der Waals surface area (Å²) in [5.74, 6) is 4.22. The van der Waals surface area contributed by atoms with Gasteiger partial charge in [0.2, 0.25) is 0 Å². The molecule has 2 N–H and O–H groups in total. The van der Waals surface area contributed by atoms with E-state index in [1.807, 2.05) is 0 Å². The van der Waals surface area contributed by atoms with Gasteiger partial charge in [-0.1, -0.05) is 11.8 Å². The maximum atomic E-state index is 13.8. The Labute approximate surface area is 120 Å². The molecule has 0 unspecified atom stereocenters. The molecule has 2 aromatic rings. The van der Waals surface area contributed by atoms with Crippen LogP contribution in [0.2, 0.25) is 0 Å². The number of rotatable bonds is 3. The minimum atomic E-state index is -0.544. The third-order valence-electron chi connectivity index (χ3n) is 2.48. The van der Waals surface area contributed by atoms with Crippen molar-refractivity contribution >= 4 is 11.6 Å². The van der Waals surface area contributed by atoms with Crippen molar-refractivity contribution in [2.24, 2.45) is 0 Å². The lowest BCUT2D eigenvalue weighted by Crippen LogP contribution is -2.13. The lowest BCUT2D eigenvalue weighted by Gasteiger charge is -2.05. The number of halogens is 1. The van der Waals surface area contributed by atoms with Crippen LogP contribution in [0, 0.1) is 17.7 Å². The molecule has 0 aliphatic carbocycles. The molecule has 0 fully saturated rings. The predicted octanol–water partition coefficient (Wildman–Crippen LogP) is 1.60. The monoisotopic (exact) mass is 285 g/mol. The Morgan fingerprint density at radius 2 is 2.24 bits per heavy atom. The number of nitrogens with zero attached hydrogens (tertiary/aromatic N) is 2. The summed E-state index contributed by atoms with van der Waals surface area (Å²) in [4.78, 5) is 19.5. The van der Waals surface area contributed by atoms with Crippen molar-refractivity contribution in [1.29, 1.82) is 0 Å². The standard InChI is InChI=1S/C15H12FN3O2/c16-13-9-12(5-4-11(13)3-1-2-8-20)19-15(21)14-10-17-6-7-18-14/h4-7,9-10,20H,2,8H2,(H,19,21). The lowest BCUT2D eigenvalue weighted by atomic mass is 10.2. The van der Waals surface area contributed by atoms with Gasteiger partial charge in [-0.05, 0) is 18.2 Å². The molecule has 0 radical (unpaired) electrons. The van der Waals surface area contributed by atoms with Gasteiger partial charge < -0.3 is 10.4 Å². The average molecular weight is 285 g/mol. The van der Waals surface area contributed by atoms with E-state index in [4.69, 9.17) is 5.11 Å². The van der Waals surface area contributed by atoms with E-state index in [1.165, 1.54) is 30.7 Å². The van der Waals surface area contributed by atoms with Crippen LogP contribution >= 0.6 is 0 Å². The smallest absolute Gasteiger partial charge is 0.275 e. The number of aromatic nitrogens is 2. The SMILES string of the molecule is O=C(Nc1ccc(C#CCCO)c(F)c1)c1cnccn1. The Morgan fingerprint density at radius 1 is 1.38 bits per heavy atom. The number of amides is 1. The van der Waals surface area contributed by atoms with Gasteiger partial charge in [0.25, 0.3) is 5.91 Å². The van der Waals surface area contributed by atoms with Crippen LogP contribution in [0.15, 0.2) is 36.8 Å². The molecular formula is C15H12FN3O2. The summed E-state index contributed by atoms with van der Waals surface area (Å²) in [5.41, 5.74) is 0.654. The topological polar surface area (TPSA) is 75.1 Å². The van der Waals surface area contributed by atoms with Gasteiger partial charge in [0.1, 0.15) is 11.5 Å². The number of hydrogen-bond acceptors (Lipinski definition) is 4. The van der Waals surface area contributed by atoms with Crippen molar-refractivity contribution < 1.29 is 14.3 Å². The molecule has 0 saturated carbocycles. The van der Waals surface area contributed by atoms with E-state index >= 15 is 0 Å². The van der Waals surface area contributed by atoms with Crippen LogP contribution in [0.3, 0.4) is 0 Å². The van der Waals surface area contributed by atoms with Crippen LogP contribution < -0.4 is 5.32 Å². The molecule has 1 aromatic carbocycles. The number of nitrogens with one attached hydrogen (secondary N) is 1. The molecule has 0 atom stereocenters. The largest absolute Gasteiger partial charge is 0.395 e. The first kappa shape index (κ1) is 14.6.